The number of hydrogen-bond acceptors (Lipinski definition) is 10. The Kier molecular flexibility index (Phi) is 12.7. The van der Waals surface area contributed by atoms with Crippen LogP contribution < -0.4 is 15.8 Å². The zero-order valence-corrected chi connectivity index (χ0v) is 21.1. The lowest BCUT2D eigenvalue weighted by Crippen LogP contribution is -2.42. The number of benzene rings is 1. The van der Waals surface area contributed by atoms with Gasteiger partial charge >= 0.3 is 0 Å². The third kappa shape index (κ3) is 9.02. The van der Waals surface area contributed by atoms with Crippen molar-refractivity contribution >= 4 is 17.7 Å². The highest BCUT2D eigenvalue weighted by Crippen LogP contribution is 2.33. The summed E-state index contributed by atoms with van der Waals surface area (Å²) in [5.41, 5.74) is 5.81. The number of hydrogen-bond donors (Lipinski definition) is 2. The molecule has 37 heavy (non-hydrogen) atoms. The smallest absolute Gasteiger partial charge is 0.265 e. The van der Waals surface area contributed by atoms with Gasteiger partial charge in [-0.25, -0.2) is 9.78 Å². The summed E-state index contributed by atoms with van der Waals surface area (Å²) in [6.45, 7) is 4.39. The molecule has 12 nitrogen and oxygen atoms in total. The molecule has 0 aromatic heterocycles. The number of ether oxygens (including phenoxy) is 4. The van der Waals surface area contributed by atoms with Crippen molar-refractivity contribution in [3.05, 3.63) is 29.3 Å². The maximum atomic E-state index is 13.1. The number of rotatable bonds is 17. The van der Waals surface area contributed by atoms with E-state index in [0.29, 0.717) is 78.6 Å². The zero-order valence-electron chi connectivity index (χ0n) is 21.1. The molecule has 0 radical (unpaired) electrons. The first-order valence-corrected chi connectivity index (χ1v) is 12.7. The monoisotopic (exact) mass is 523 g/mol. The standard InChI is InChI=1S/C25H37N3O9/c26-8-3-10-32-13-15-34-16-14-33-11-4-9-27-22(29)18-35-21-7-1-6-20-23(21)25(31)28(24(20)30)19-5-2-12-36-37-17-19/h1,6-7,19H,2-5,8-18,26H2,(H,27,29). The summed E-state index contributed by atoms with van der Waals surface area (Å²) < 4.78 is 21.8. The van der Waals surface area contributed by atoms with Gasteiger partial charge in [0.25, 0.3) is 17.7 Å². The number of carbonyl (C=O) groups is 3. The van der Waals surface area contributed by atoms with Crippen LogP contribution in [0.3, 0.4) is 0 Å². The van der Waals surface area contributed by atoms with Crippen LogP contribution in [0.25, 0.3) is 0 Å². The van der Waals surface area contributed by atoms with Crippen LogP contribution in [0.5, 0.6) is 5.75 Å². The Labute approximate surface area is 216 Å². The minimum absolute atomic E-state index is 0.116. The summed E-state index contributed by atoms with van der Waals surface area (Å²) in [6.07, 6.45) is 2.73. The van der Waals surface area contributed by atoms with Gasteiger partial charge in [0, 0.05) is 19.8 Å². The number of imide groups is 1. The fourth-order valence-corrected chi connectivity index (χ4v) is 3.90. The van der Waals surface area contributed by atoms with Gasteiger partial charge in [-0.2, -0.15) is 0 Å². The Morgan fingerprint density at radius 3 is 2.49 bits per heavy atom. The lowest BCUT2D eigenvalue weighted by Gasteiger charge is -2.23. The quantitative estimate of drug-likeness (QED) is 0.170. The van der Waals surface area contributed by atoms with Crippen molar-refractivity contribution < 1.29 is 43.1 Å². The Morgan fingerprint density at radius 2 is 1.73 bits per heavy atom. The van der Waals surface area contributed by atoms with Crippen molar-refractivity contribution in [3.8, 4) is 5.75 Å². The Hall–Kier alpha value is -2.61. The van der Waals surface area contributed by atoms with E-state index in [1.165, 1.54) is 4.90 Å². The second-order valence-electron chi connectivity index (χ2n) is 8.53. The SMILES string of the molecule is NCCCOCCOCCOCCCNC(=O)COc1cccc2c1C(=O)N(C1CCCOOC1)C2=O. The number of amides is 3. The van der Waals surface area contributed by atoms with Gasteiger partial charge < -0.3 is 30.0 Å². The van der Waals surface area contributed by atoms with Gasteiger partial charge in [-0.15, -0.1) is 0 Å². The maximum Gasteiger partial charge on any atom is 0.265 e. The Bertz CT molecular complexity index is 875. The lowest BCUT2D eigenvalue weighted by atomic mass is 10.1. The predicted octanol–water partition coefficient (Wildman–Crippen LogP) is 0.677. The van der Waals surface area contributed by atoms with E-state index in [2.05, 4.69) is 5.32 Å². The largest absolute Gasteiger partial charge is 0.483 e. The predicted molar refractivity (Wildman–Crippen MR) is 131 cm³/mol. The average Bonchev–Trinajstić information content (AvgIpc) is 3.06. The molecule has 0 aliphatic carbocycles. The van der Waals surface area contributed by atoms with Crippen LogP contribution in [0.1, 0.15) is 46.4 Å². The first-order chi connectivity index (χ1) is 18.1. The van der Waals surface area contributed by atoms with E-state index >= 15 is 0 Å². The van der Waals surface area contributed by atoms with Crippen molar-refractivity contribution in [2.75, 3.05) is 72.6 Å². The number of nitrogens with one attached hydrogen (secondary N) is 1. The van der Waals surface area contributed by atoms with Gasteiger partial charge in [0.15, 0.2) is 6.61 Å². The second kappa shape index (κ2) is 16.3. The maximum absolute atomic E-state index is 13.1. The summed E-state index contributed by atoms with van der Waals surface area (Å²) in [6, 6.07) is 4.37. The summed E-state index contributed by atoms with van der Waals surface area (Å²) in [5.74, 6) is -0.982. The van der Waals surface area contributed by atoms with Gasteiger partial charge in [-0.05, 0) is 44.4 Å². The third-order valence-electron chi connectivity index (χ3n) is 5.77. The molecule has 1 atom stereocenters. The topological polar surface area (TPSA) is 148 Å². The fourth-order valence-electron chi connectivity index (χ4n) is 3.90. The van der Waals surface area contributed by atoms with E-state index in [0.717, 1.165) is 6.42 Å². The van der Waals surface area contributed by atoms with Gasteiger partial charge in [-0.1, -0.05) is 6.07 Å². The van der Waals surface area contributed by atoms with Crippen molar-refractivity contribution in [1.82, 2.24) is 10.2 Å². The molecule has 206 valence electrons. The molecule has 3 amide bonds. The number of nitrogens with two attached hydrogens (primary N) is 1. The van der Waals surface area contributed by atoms with Gasteiger partial charge in [0.1, 0.15) is 12.4 Å². The minimum Gasteiger partial charge on any atom is -0.483 e. The zero-order chi connectivity index (χ0) is 26.3. The molecule has 12 heteroatoms. The minimum atomic E-state index is -0.452. The van der Waals surface area contributed by atoms with Gasteiger partial charge in [-0.3, -0.25) is 19.3 Å². The molecule has 1 fully saturated rings. The molecule has 1 saturated heterocycles. The Morgan fingerprint density at radius 1 is 1.00 bits per heavy atom. The van der Waals surface area contributed by atoms with Crippen LogP contribution in [0.15, 0.2) is 18.2 Å². The molecule has 3 rings (SSSR count). The number of nitrogens with zero attached hydrogens (tertiary/aromatic N) is 1. The van der Waals surface area contributed by atoms with Crippen molar-refractivity contribution in [1.29, 1.82) is 0 Å². The van der Waals surface area contributed by atoms with Crippen LogP contribution >= 0.6 is 0 Å². The van der Waals surface area contributed by atoms with E-state index in [-0.39, 0.29) is 36.0 Å². The molecular formula is C25H37N3O9. The fraction of sp³-hybridized carbons (Fsp3) is 0.640. The first-order valence-electron chi connectivity index (χ1n) is 12.7. The molecule has 3 N–H and O–H groups in total. The van der Waals surface area contributed by atoms with Gasteiger partial charge in [0.2, 0.25) is 0 Å². The Balaban J connectivity index is 1.31. The third-order valence-corrected chi connectivity index (χ3v) is 5.77. The van der Waals surface area contributed by atoms with Gasteiger partial charge in [0.05, 0.1) is 50.2 Å². The van der Waals surface area contributed by atoms with E-state index in [9.17, 15) is 14.4 Å². The lowest BCUT2D eigenvalue weighted by molar-refractivity contribution is -0.291. The summed E-state index contributed by atoms with van der Waals surface area (Å²) >= 11 is 0. The van der Waals surface area contributed by atoms with E-state index in [1.54, 1.807) is 18.2 Å². The number of carbonyl (C=O) groups excluding carboxylic acids is 3. The van der Waals surface area contributed by atoms with Crippen LogP contribution in [0.2, 0.25) is 0 Å². The van der Waals surface area contributed by atoms with Crippen molar-refractivity contribution in [2.45, 2.75) is 31.7 Å². The van der Waals surface area contributed by atoms with Crippen molar-refractivity contribution in [2.24, 2.45) is 5.73 Å². The first kappa shape index (κ1) is 29.0. The second-order valence-corrected chi connectivity index (χ2v) is 8.53. The summed E-state index contributed by atoms with van der Waals surface area (Å²) in [5, 5.41) is 2.75. The van der Waals surface area contributed by atoms with E-state index in [1.807, 2.05) is 0 Å². The molecule has 0 bridgehead atoms. The highest BCUT2D eigenvalue weighted by molar-refractivity contribution is 6.22. The molecule has 1 unspecified atom stereocenters. The van der Waals surface area contributed by atoms with Crippen LogP contribution in [0.4, 0.5) is 0 Å². The normalized spacial score (nSPS) is 17.5. The molecule has 1 aromatic carbocycles. The van der Waals surface area contributed by atoms with Crippen LogP contribution in [-0.4, -0.2) is 101 Å². The molecule has 0 saturated carbocycles. The van der Waals surface area contributed by atoms with Crippen molar-refractivity contribution in [3.63, 3.8) is 0 Å². The molecule has 2 aliphatic heterocycles. The molecule has 1 aromatic rings. The van der Waals surface area contributed by atoms with Crippen LogP contribution in [0, 0.1) is 0 Å². The summed E-state index contributed by atoms with van der Waals surface area (Å²) in [4.78, 5) is 49.4. The van der Waals surface area contributed by atoms with E-state index < -0.39 is 17.9 Å². The summed E-state index contributed by atoms with van der Waals surface area (Å²) in [7, 11) is 0. The molecule has 2 aliphatic rings. The van der Waals surface area contributed by atoms with E-state index in [4.69, 9.17) is 34.5 Å². The van der Waals surface area contributed by atoms with Crippen LogP contribution in [-0.2, 0) is 28.8 Å². The molecular weight excluding hydrogens is 486 g/mol. The average molecular weight is 524 g/mol. The highest BCUT2D eigenvalue weighted by Gasteiger charge is 2.42. The highest BCUT2D eigenvalue weighted by atomic mass is 17.2. The molecule has 0 spiro atoms. The molecule has 2 heterocycles. The number of fused-ring (bicyclic) bond motifs is 1.